The third-order valence-corrected chi connectivity index (χ3v) is 9.24. The maximum Gasteiger partial charge on any atom is 0.165 e. The van der Waals surface area contributed by atoms with Gasteiger partial charge in [-0.15, -0.1) is 0 Å². The first kappa shape index (κ1) is 55.0. The molecule has 4 aromatic carbocycles. The van der Waals surface area contributed by atoms with Crippen molar-refractivity contribution in [3.8, 4) is 23.0 Å². The van der Waals surface area contributed by atoms with Gasteiger partial charge in [0.2, 0.25) is 0 Å². The van der Waals surface area contributed by atoms with Gasteiger partial charge in [0.25, 0.3) is 0 Å². The fraction of sp³-hybridized carbons (Fsp3) is 0.529. The van der Waals surface area contributed by atoms with Crippen molar-refractivity contribution in [2.45, 2.75) is 179 Å². The molecule has 0 amide bonds. The van der Waals surface area contributed by atoms with E-state index in [0.717, 1.165) is 34.7 Å². The first-order valence-electron chi connectivity index (χ1n) is 21.5. The van der Waals surface area contributed by atoms with Crippen molar-refractivity contribution in [2.24, 2.45) is 0 Å². The second kappa shape index (κ2) is 25.8. The Hall–Kier alpha value is -3.98. The van der Waals surface area contributed by atoms with Gasteiger partial charge in [-0.05, 0) is 156 Å². The van der Waals surface area contributed by atoms with Crippen LogP contribution in [0.25, 0.3) is 0 Å². The van der Waals surface area contributed by atoms with Crippen molar-refractivity contribution < 1.29 is 40.9 Å². The van der Waals surface area contributed by atoms with Crippen LogP contribution < -0.4 is 18.9 Å². The Kier molecular flexibility index (Phi) is 23.3. The molecule has 0 heterocycles. The van der Waals surface area contributed by atoms with E-state index in [0.29, 0.717) is 28.0 Å². The van der Waals surface area contributed by atoms with Crippen molar-refractivity contribution in [1.29, 1.82) is 0 Å². The molecule has 0 spiro atoms. The number of hydrogen-bond acceptors (Lipinski definition) is 4. The molecule has 4 aromatic rings. The highest BCUT2D eigenvalue weighted by atomic mass is 35.5. The third-order valence-electron chi connectivity index (χ3n) is 8.91. The molecule has 4 rings (SSSR count). The van der Waals surface area contributed by atoms with Gasteiger partial charge in [0, 0.05) is 23.2 Å². The van der Waals surface area contributed by atoms with Crippen LogP contribution in [0.15, 0.2) is 48.5 Å². The van der Waals surface area contributed by atoms with Crippen molar-refractivity contribution in [2.75, 3.05) is 0 Å². The topological polar surface area (TPSA) is 36.9 Å². The molecule has 0 saturated heterocycles. The quantitative estimate of drug-likeness (QED) is 0.125. The van der Waals surface area contributed by atoms with Gasteiger partial charge in [-0.3, -0.25) is 0 Å². The molecular weight excluding hydrogens is 807 g/mol. The van der Waals surface area contributed by atoms with Crippen molar-refractivity contribution >= 4 is 11.6 Å². The molecule has 0 fully saturated rings. The molecule has 0 aliphatic carbocycles. The van der Waals surface area contributed by atoms with Gasteiger partial charge in [0.05, 0.1) is 24.4 Å². The summed E-state index contributed by atoms with van der Waals surface area (Å²) in [6.07, 6.45) is 0.767. The van der Waals surface area contributed by atoms with Crippen LogP contribution in [0.4, 0.5) is 22.0 Å². The van der Waals surface area contributed by atoms with Gasteiger partial charge in [0.15, 0.2) is 34.7 Å². The van der Waals surface area contributed by atoms with Crippen LogP contribution in [0.5, 0.6) is 23.0 Å². The van der Waals surface area contributed by atoms with Crippen molar-refractivity contribution in [1.82, 2.24) is 0 Å². The van der Waals surface area contributed by atoms with Gasteiger partial charge in [0.1, 0.15) is 17.4 Å². The molecule has 0 unspecified atom stereocenters. The lowest BCUT2D eigenvalue weighted by Crippen LogP contribution is -2.08. The lowest BCUT2D eigenvalue weighted by Gasteiger charge is -2.16. The van der Waals surface area contributed by atoms with Gasteiger partial charge in [-0.2, -0.15) is 0 Å². The molecule has 0 bridgehead atoms. The molecule has 342 valence electrons. The zero-order valence-corrected chi connectivity index (χ0v) is 40.6. The average molecular weight is 880 g/mol. The standard InChI is InChI=1S/C14H21FO.C13H19FO.C12H16ClFO.C12H16F2O/c1-6-11-7-14(16-10(4)5)13(15)8-12(11)9(2)3;1-8(2)11-6-10(5)13(7-12(11)14)15-9(3)4;2*1-7(2)9-5-11(14)12(6-10(9)13)15-8(3)4/h7-10H,6H2,1-5H3;6-9H,1-5H3;2*5-8H,1-4H3. The Morgan fingerprint density at radius 3 is 1.08 bits per heavy atom. The lowest BCUT2D eigenvalue weighted by atomic mass is 9.95. The van der Waals surface area contributed by atoms with Crippen LogP contribution in [0, 0.1) is 36.0 Å². The molecule has 10 heteroatoms. The maximum absolute atomic E-state index is 13.8. The molecular formula is C51H72ClF5O4. The Bertz CT molecular complexity index is 1790. The number of benzene rings is 4. The fourth-order valence-electron chi connectivity index (χ4n) is 5.97. The Morgan fingerprint density at radius 2 is 0.705 bits per heavy atom. The summed E-state index contributed by atoms with van der Waals surface area (Å²) < 4.78 is 89.3. The molecule has 0 saturated carbocycles. The zero-order valence-electron chi connectivity index (χ0n) is 39.8. The molecule has 0 radical (unpaired) electrons. The molecule has 0 N–H and O–H groups in total. The minimum Gasteiger partial charge on any atom is -0.491 e. The Morgan fingerprint density at radius 1 is 0.393 bits per heavy atom. The van der Waals surface area contributed by atoms with E-state index in [2.05, 4.69) is 20.8 Å². The van der Waals surface area contributed by atoms with Crippen molar-refractivity contribution in [3.63, 3.8) is 0 Å². The first-order chi connectivity index (χ1) is 28.2. The normalized spacial score (nSPS) is 11.2. The molecule has 0 aliphatic heterocycles. The SMILES string of the molecule is CC(C)Oc1cc(Cl)c(C(C)C)cc1F.CC(C)Oc1cc(F)c(C(C)C)cc1F.CCc1cc(OC(C)C)c(F)cc1C(C)C.Cc1cc(C(C)C)c(F)cc1OC(C)C. The van der Waals surface area contributed by atoms with Crippen LogP contribution in [0.1, 0.15) is 175 Å². The second-order valence-corrected chi connectivity index (χ2v) is 17.8. The largest absolute Gasteiger partial charge is 0.491 e. The summed E-state index contributed by atoms with van der Waals surface area (Å²) in [6.45, 7) is 34.7. The van der Waals surface area contributed by atoms with Gasteiger partial charge in [-0.25, -0.2) is 22.0 Å². The minimum atomic E-state index is -0.506. The number of halogens is 6. The van der Waals surface area contributed by atoms with E-state index in [4.69, 9.17) is 30.5 Å². The number of aryl methyl sites for hydroxylation is 2. The Balaban J connectivity index is 0.000000407. The van der Waals surface area contributed by atoms with Gasteiger partial charge >= 0.3 is 0 Å². The van der Waals surface area contributed by atoms with Crippen LogP contribution in [-0.2, 0) is 6.42 Å². The number of hydrogen-bond donors (Lipinski definition) is 0. The van der Waals surface area contributed by atoms with Gasteiger partial charge in [-0.1, -0.05) is 73.9 Å². The predicted molar refractivity (Wildman–Crippen MR) is 244 cm³/mol. The summed E-state index contributed by atoms with van der Waals surface area (Å²) in [5, 5.41) is 0.557. The summed E-state index contributed by atoms with van der Waals surface area (Å²) in [6, 6.07) is 12.1. The van der Waals surface area contributed by atoms with Crippen LogP contribution in [0.2, 0.25) is 5.02 Å². The minimum absolute atomic E-state index is 0.00380. The van der Waals surface area contributed by atoms with E-state index >= 15 is 0 Å². The van der Waals surface area contributed by atoms with E-state index in [1.54, 1.807) is 26.0 Å². The molecule has 0 atom stereocenters. The Labute approximate surface area is 369 Å². The third kappa shape index (κ3) is 18.5. The van der Waals surface area contributed by atoms with Crippen LogP contribution >= 0.6 is 11.6 Å². The van der Waals surface area contributed by atoms with E-state index < -0.39 is 11.6 Å². The van der Waals surface area contributed by atoms with E-state index in [1.807, 2.05) is 102 Å². The monoisotopic (exact) mass is 879 g/mol. The summed E-state index contributed by atoms with van der Waals surface area (Å²) in [5.74, 6) is 0.241. The highest BCUT2D eigenvalue weighted by Gasteiger charge is 2.16. The van der Waals surface area contributed by atoms with Crippen LogP contribution in [-0.4, -0.2) is 24.4 Å². The highest BCUT2D eigenvalue weighted by Crippen LogP contribution is 2.32. The first-order valence-corrected chi connectivity index (χ1v) is 21.8. The zero-order chi connectivity index (χ0) is 47.0. The fourth-order valence-corrected chi connectivity index (χ4v) is 6.34. The molecule has 4 nitrogen and oxygen atoms in total. The number of ether oxygens (including phenoxy) is 4. The summed E-state index contributed by atoms with van der Waals surface area (Å²) >= 11 is 6.03. The highest BCUT2D eigenvalue weighted by molar-refractivity contribution is 6.31. The maximum atomic E-state index is 13.8. The van der Waals surface area contributed by atoms with E-state index in [1.165, 1.54) is 23.8 Å². The second-order valence-electron chi connectivity index (χ2n) is 17.4. The van der Waals surface area contributed by atoms with Gasteiger partial charge < -0.3 is 18.9 Å². The van der Waals surface area contributed by atoms with E-state index in [9.17, 15) is 22.0 Å². The summed E-state index contributed by atoms with van der Waals surface area (Å²) in [5.41, 5.74) is 5.19. The smallest absolute Gasteiger partial charge is 0.165 e. The molecule has 0 aromatic heterocycles. The number of rotatable bonds is 13. The lowest BCUT2D eigenvalue weighted by molar-refractivity contribution is 0.229. The summed E-state index contributed by atoms with van der Waals surface area (Å²) in [7, 11) is 0. The van der Waals surface area contributed by atoms with Crippen molar-refractivity contribution in [3.05, 3.63) is 116 Å². The van der Waals surface area contributed by atoms with Crippen LogP contribution in [0.3, 0.4) is 0 Å². The van der Waals surface area contributed by atoms with E-state index in [-0.39, 0.29) is 71.1 Å². The molecule has 61 heavy (non-hydrogen) atoms. The average Bonchev–Trinajstić information content (AvgIpc) is 3.12. The summed E-state index contributed by atoms with van der Waals surface area (Å²) in [4.78, 5) is 0. The molecule has 0 aliphatic rings. The predicted octanol–water partition coefficient (Wildman–Crippen LogP) is 16.6.